The number of rotatable bonds is 10. The summed E-state index contributed by atoms with van der Waals surface area (Å²) in [6.07, 6.45) is 0.239. The monoisotopic (exact) mass is 598 g/mol. The van der Waals surface area contributed by atoms with E-state index in [1.165, 1.54) is 17.9 Å². The number of halogens is 4. The lowest BCUT2D eigenvalue weighted by atomic mass is 10.0. The van der Waals surface area contributed by atoms with E-state index >= 15 is 0 Å². The second kappa shape index (κ2) is 14.7. The van der Waals surface area contributed by atoms with Crippen LogP contribution in [0.5, 0.6) is 11.5 Å². The second-order valence-electron chi connectivity index (χ2n) is 9.35. The standard InChI is InChI=1S/C28H30ClF3N2O7/c1-3-17-19(30)12-20(31)25(32)26(17)40-15-22(35)21(13-24(36)39-2)33-27(37)16-8-6-7-11-34(14-16)28(38)41-23-10-5-4-9-18(23)29/h4-5,9-10,12,16,21H,3,6-8,11,13-15H2,1-2H3,(H,33,37)/t16-,21+/m1/s1. The largest absolute Gasteiger partial charge is 0.482 e. The highest BCUT2D eigenvalue weighted by atomic mass is 35.5. The minimum absolute atomic E-state index is 0.0294. The lowest BCUT2D eigenvalue weighted by Crippen LogP contribution is -2.49. The normalized spacial score (nSPS) is 15.9. The summed E-state index contributed by atoms with van der Waals surface area (Å²) in [6, 6.07) is 5.35. The quantitative estimate of drug-likeness (QED) is 0.314. The Balaban J connectivity index is 1.71. The molecule has 0 spiro atoms. The molecule has 1 saturated heterocycles. The first-order chi connectivity index (χ1) is 19.5. The molecule has 0 radical (unpaired) electrons. The van der Waals surface area contributed by atoms with Gasteiger partial charge in [0.1, 0.15) is 18.5 Å². The summed E-state index contributed by atoms with van der Waals surface area (Å²) >= 11 is 6.07. The average Bonchev–Trinajstić information content (AvgIpc) is 3.21. The van der Waals surface area contributed by atoms with E-state index in [1.54, 1.807) is 18.2 Å². The number of nitrogens with zero attached hydrogens (tertiary/aromatic N) is 1. The Hall–Kier alpha value is -3.80. The molecule has 1 aliphatic rings. The summed E-state index contributed by atoms with van der Waals surface area (Å²) in [5.74, 6) is -7.68. The SMILES string of the molecule is CCc1c(F)cc(F)c(F)c1OCC(=O)[C@H](CC(=O)OC)NC(=O)[C@@H]1CCCCN(C(=O)Oc2ccccc2Cl)C1. The zero-order chi connectivity index (χ0) is 30.1. The van der Waals surface area contributed by atoms with Gasteiger partial charge in [0.15, 0.2) is 23.1 Å². The van der Waals surface area contributed by atoms with Crippen molar-refractivity contribution in [3.63, 3.8) is 0 Å². The number of Topliss-reactive ketones (excluding diaryl/α,β-unsaturated/α-hetero) is 1. The van der Waals surface area contributed by atoms with Crippen molar-refractivity contribution in [3.8, 4) is 11.5 Å². The summed E-state index contributed by atoms with van der Waals surface area (Å²) in [5, 5.41) is 2.73. The lowest BCUT2D eigenvalue weighted by molar-refractivity contribution is -0.143. The Morgan fingerprint density at radius 2 is 1.85 bits per heavy atom. The molecule has 3 rings (SSSR count). The van der Waals surface area contributed by atoms with Gasteiger partial charge in [-0.25, -0.2) is 13.6 Å². The van der Waals surface area contributed by atoms with Crippen LogP contribution in [0.2, 0.25) is 5.02 Å². The number of carbonyl (C=O) groups excluding carboxylic acids is 4. The molecule has 2 atom stereocenters. The van der Waals surface area contributed by atoms with Gasteiger partial charge in [0.2, 0.25) is 11.7 Å². The maximum absolute atomic E-state index is 14.3. The summed E-state index contributed by atoms with van der Waals surface area (Å²) in [6.45, 7) is 0.889. The van der Waals surface area contributed by atoms with Crippen molar-refractivity contribution >= 4 is 35.4 Å². The molecule has 9 nitrogen and oxygen atoms in total. The minimum atomic E-state index is -1.49. The van der Waals surface area contributed by atoms with E-state index in [0.29, 0.717) is 31.9 Å². The summed E-state index contributed by atoms with van der Waals surface area (Å²) in [5.41, 5.74) is -0.271. The van der Waals surface area contributed by atoms with E-state index in [-0.39, 0.29) is 29.3 Å². The molecule has 222 valence electrons. The van der Waals surface area contributed by atoms with Crippen LogP contribution in [0.25, 0.3) is 0 Å². The number of carbonyl (C=O) groups is 4. The van der Waals surface area contributed by atoms with Crippen molar-refractivity contribution in [1.29, 1.82) is 0 Å². The number of para-hydroxylation sites is 1. The summed E-state index contributed by atoms with van der Waals surface area (Å²) in [7, 11) is 1.09. The Labute approximate surface area is 239 Å². The van der Waals surface area contributed by atoms with Gasteiger partial charge >= 0.3 is 12.1 Å². The first-order valence-electron chi connectivity index (χ1n) is 13.0. The fourth-order valence-electron chi connectivity index (χ4n) is 4.33. The van der Waals surface area contributed by atoms with Crippen molar-refractivity contribution in [2.75, 3.05) is 26.8 Å². The van der Waals surface area contributed by atoms with Gasteiger partial charge in [0.25, 0.3) is 0 Å². The van der Waals surface area contributed by atoms with E-state index in [4.69, 9.17) is 21.1 Å². The maximum Gasteiger partial charge on any atom is 0.415 e. The van der Waals surface area contributed by atoms with Gasteiger partial charge in [-0.2, -0.15) is 4.39 Å². The number of likely N-dealkylation sites (tertiary alicyclic amines) is 1. The molecular weight excluding hydrogens is 569 g/mol. The van der Waals surface area contributed by atoms with Crippen LogP contribution in [0.3, 0.4) is 0 Å². The topological polar surface area (TPSA) is 111 Å². The smallest absolute Gasteiger partial charge is 0.415 e. The third-order valence-electron chi connectivity index (χ3n) is 6.58. The number of benzene rings is 2. The number of ether oxygens (including phenoxy) is 3. The molecule has 13 heteroatoms. The van der Waals surface area contributed by atoms with Crippen LogP contribution in [0.4, 0.5) is 18.0 Å². The van der Waals surface area contributed by atoms with Gasteiger partial charge in [-0.3, -0.25) is 14.4 Å². The zero-order valence-corrected chi connectivity index (χ0v) is 23.3. The van der Waals surface area contributed by atoms with Crippen LogP contribution < -0.4 is 14.8 Å². The number of methoxy groups -OCH3 is 1. The van der Waals surface area contributed by atoms with E-state index in [0.717, 1.165) is 7.11 Å². The van der Waals surface area contributed by atoms with Gasteiger partial charge in [-0.05, 0) is 31.4 Å². The average molecular weight is 599 g/mol. The van der Waals surface area contributed by atoms with E-state index in [2.05, 4.69) is 10.1 Å². The Kier molecular flexibility index (Phi) is 11.4. The molecule has 1 aliphatic heterocycles. The molecule has 1 N–H and O–H groups in total. The number of nitrogens with one attached hydrogen (secondary N) is 1. The van der Waals surface area contributed by atoms with Crippen LogP contribution in [-0.2, 0) is 25.5 Å². The number of hydrogen-bond acceptors (Lipinski definition) is 7. The van der Waals surface area contributed by atoms with Crippen LogP contribution in [-0.4, -0.2) is 61.5 Å². The predicted octanol–water partition coefficient (Wildman–Crippen LogP) is 4.62. The van der Waals surface area contributed by atoms with E-state index < -0.39 is 71.9 Å². The van der Waals surface area contributed by atoms with Crippen molar-refractivity contribution in [3.05, 3.63) is 58.4 Å². The van der Waals surface area contributed by atoms with Crippen LogP contribution in [0.15, 0.2) is 30.3 Å². The zero-order valence-electron chi connectivity index (χ0n) is 22.5. The van der Waals surface area contributed by atoms with Crippen molar-refractivity contribution < 1.29 is 46.6 Å². The Bertz CT molecular complexity index is 1290. The third-order valence-corrected chi connectivity index (χ3v) is 6.89. The number of amides is 2. The summed E-state index contributed by atoms with van der Waals surface area (Å²) < 4.78 is 57.3. The van der Waals surface area contributed by atoms with Crippen molar-refractivity contribution in [1.82, 2.24) is 10.2 Å². The lowest BCUT2D eigenvalue weighted by Gasteiger charge is -2.25. The molecule has 2 aromatic carbocycles. The second-order valence-corrected chi connectivity index (χ2v) is 9.76. The highest BCUT2D eigenvalue weighted by Gasteiger charge is 2.32. The van der Waals surface area contributed by atoms with Crippen molar-refractivity contribution in [2.24, 2.45) is 5.92 Å². The number of esters is 1. The van der Waals surface area contributed by atoms with Gasteiger partial charge in [0.05, 0.1) is 24.5 Å². The van der Waals surface area contributed by atoms with Crippen molar-refractivity contribution in [2.45, 2.75) is 45.1 Å². The van der Waals surface area contributed by atoms with Gasteiger partial charge in [0, 0.05) is 24.7 Å². The molecule has 41 heavy (non-hydrogen) atoms. The molecular formula is C28H30ClF3N2O7. The predicted molar refractivity (Wildman–Crippen MR) is 141 cm³/mol. The van der Waals surface area contributed by atoms with E-state index in [9.17, 15) is 32.3 Å². The Morgan fingerprint density at radius 1 is 1.12 bits per heavy atom. The minimum Gasteiger partial charge on any atom is -0.482 e. The molecule has 1 fully saturated rings. The third kappa shape index (κ3) is 8.35. The van der Waals surface area contributed by atoms with Crippen LogP contribution in [0.1, 0.15) is 38.2 Å². The molecule has 0 bridgehead atoms. The fourth-order valence-corrected chi connectivity index (χ4v) is 4.50. The fraction of sp³-hybridized carbons (Fsp3) is 0.429. The summed E-state index contributed by atoms with van der Waals surface area (Å²) in [4.78, 5) is 52.4. The number of hydrogen-bond donors (Lipinski definition) is 1. The van der Waals surface area contributed by atoms with Gasteiger partial charge < -0.3 is 24.4 Å². The highest BCUT2D eigenvalue weighted by molar-refractivity contribution is 6.32. The van der Waals surface area contributed by atoms with Crippen LogP contribution in [0, 0.1) is 23.4 Å². The molecule has 0 unspecified atom stereocenters. The molecule has 0 saturated carbocycles. The van der Waals surface area contributed by atoms with E-state index in [1.807, 2.05) is 0 Å². The number of ketones is 1. The molecule has 2 aromatic rings. The molecule has 1 heterocycles. The molecule has 2 amide bonds. The molecule has 0 aliphatic carbocycles. The first-order valence-corrected chi connectivity index (χ1v) is 13.3. The molecule has 0 aromatic heterocycles. The van der Waals surface area contributed by atoms with Crippen LogP contribution >= 0.6 is 11.6 Å². The van der Waals surface area contributed by atoms with Gasteiger partial charge in [-0.15, -0.1) is 0 Å². The maximum atomic E-state index is 14.3. The first kappa shape index (κ1) is 31.7. The highest BCUT2D eigenvalue weighted by Crippen LogP contribution is 2.29. The Morgan fingerprint density at radius 3 is 2.54 bits per heavy atom. The van der Waals surface area contributed by atoms with Gasteiger partial charge in [-0.1, -0.05) is 37.1 Å².